The topological polar surface area (TPSA) is 38.3 Å². The van der Waals surface area contributed by atoms with Crippen molar-refractivity contribution in [3.63, 3.8) is 0 Å². The Morgan fingerprint density at radius 3 is 2.43 bits per heavy atom. The highest BCUT2D eigenvalue weighted by Gasteiger charge is 2.19. The molecule has 0 spiro atoms. The summed E-state index contributed by atoms with van der Waals surface area (Å²) in [7, 11) is 1.43. The summed E-state index contributed by atoms with van der Waals surface area (Å²) in [5, 5.41) is 3.29. The highest BCUT2D eigenvalue weighted by molar-refractivity contribution is 5.85. The van der Waals surface area contributed by atoms with Crippen molar-refractivity contribution in [1.82, 2.24) is 5.32 Å². The number of rotatable bonds is 3. The largest absolute Gasteiger partial charge is 0.468 e. The monoisotopic (exact) mass is 221 g/mol. The first kappa shape index (κ1) is 13.7. The Labute approximate surface area is 92.0 Å². The van der Waals surface area contributed by atoms with Crippen molar-refractivity contribution in [3.05, 3.63) is 0 Å². The van der Waals surface area contributed by atoms with Crippen LogP contribution in [0.2, 0.25) is 0 Å². The summed E-state index contributed by atoms with van der Waals surface area (Å²) >= 11 is 0. The first-order valence-corrected chi connectivity index (χ1v) is 5.08. The summed E-state index contributed by atoms with van der Waals surface area (Å²) in [6.07, 6.45) is 6.30. The number of hydrogen-bond donors (Lipinski definition) is 1. The molecule has 1 N–H and O–H groups in total. The molecule has 84 valence electrons. The standard InChI is InChI=1S/C10H19NO2.ClH/c1-8(10(12)13-2)11-9-6-4-3-5-7-9;/h8-9,11H,3-7H2,1-2H3;1H. The fourth-order valence-electron chi connectivity index (χ4n) is 1.87. The lowest BCUT2D eigenvalue weighted by molar-refractivity contribution is -0.142. The molecule has 1 rings (SSSR count). The number of nitrogens with one attached hydrogen (secondary N) is 1. The highest BCUT2D eigenvalue weighted by Crippen LogP contribution is 2.17. The molecule has 0 aliphatic heterocycles. The van der Waals surface area contributed by atoms with Crippen LogP contribution in [0.3, 0.4) is 0 Å². The molecule has 1 saturated carbocycles. The smallest absolute Gasteiger partial charge is 0.322 e. The van der Waals surface area contributed by atoms with Gasteiger partial charge in [0, 0.05) is 6.04 Å². The van der Waals surface area contributed by atoms with Gasteiger partial charge in [-0.25, -0.2) is 0 Å². The van der Waals surface area contributed by atoms with Crippen LogP contribution in [0.4, 0.5) is 0 Å². The van der Waals surface area contributed by atoms with Gasteiger partial charge in [-0.3, -0.25) is 4.79 Å². The third-order valence-corrected chi connectivity index (χ3v) is 2.65. The Bertz CT molecular complexity index is 170. The van der Waals surface area contributed by atoms with Crippen LogP contribution in [0.25, 0.3) is 0 Å². The zero-order valence-electron chi connectivity index (χ0n) is 8.91. The molecule has 0 radical (unpaired) electrons. The molecule has 0 bridgehead atoms. The van der Waals surface area contributed by atoms with Gasteiger partial charge in [-0.2, -0.15) is 0 Å². The number of carbonyl (C=O) groups excluding carboxylic acids is 1. The van der Waals surface area contributed by atoms with Gasteiger partial charge in [-0.15, -0.1) is 12.4 Å². The predicted octanol–water partition coefficient (Wildman–Crippen LogP) is 1.89. The molecular weight excluding hydrogens is 202 g/mol. The minimum absolute atomic E-state index is 0. The van der Waals surface area contributed by atoms with Crippen molar-refractivity contribution in [2.75, 3.05) is 7.11 Å². The van der Waals surface area contributed by atoms with E-state index in [-0.39, 0.29) is 24.4 Å². The van der Waals surface area contributed by atoms with Crippen LogP contribution in [-0.4, -0.2) is 25.2 Å². The maximum Gasteiger partial charge on any atom is 0.322 e. The lowest BCUT2D eigenvalue weighted by Gasteiger charge is -2.25. The number of ether oxygens (including phenoxy) is 1. The molecule has 4 heteroatoms. The van der Waals surface area contributed by atoms with Crippen LogP contribution < -0.4 is 5.32 Å². The molecule has 3 nitrogen and oxygen atoms in total. The third-order valence-electron chi connectivity index (χ3n) is 2.65. The molecule has 0 saturated heterocycles. The highest BCUT2D eigenvalue weighted by atomic mass is 35.5. The van der Waals surface area contributed by atoms with Crippen molar-refractivity contribution in [2.24, 2.45) is 0 Å². The molecule has 0 aromatic heterocycles. The van der Waals surface area contributed by atoms with Crippen LogP contribution in [0.15, 0.2) is 0 Å². The second-order valence-corrected chi connectivity index (χ2v) is 3.75. The van der Waals surface area contributed by atoms with E-state index in [1.54, 1.807) is 0 Å². The van der Waals surface area contributed by atoms with E-state index in [0.29, 0.717) is 6.04 Å². The van der Waals surface area contributed by atoms with Gasteiger partial charge < -0.3 is 10.1 Å². The molecule has 1 fully saturated rings. The summed E-state index contributed by atoms with van der Waals surface area (Å²) in [4.78, 5) is 11.1. The SMILES string of the molecule is COC(=O)C(C)NC1CCCCC1.Cl. The Hall–Kier alpha value is -0.280. The fourth-order valence-corrected chi connectivity index (χ4v) is 1.87. The molecule has 0 aromatic rings. The molecule has 1 aliphatic rings. The number of carbonyl (C=O) groups is 1. The number of hydrogen-bond acceptors (Lipinski definition) is 3. The quantitative estimate of drug-likeness (QED) is 0.740. The Morgan fingerprint density at radius 1 is 1.36 bits per heavy atom. The van der Waals surface area contributed by atoms with Gasteiger partial charge in [-0.1, -0.05) is 19.3 Å². The van der Waals surface area contributed by atoms with Gasteiger partial charge in [0.25, 0.3) is 0 Å². The minimum atomic E-state index is -0.162. The van der Waals surface area contributed by atoms with E-state index in [9.17, 15) is 4.79 Å². The number of esters is 1. The van der Waals surface area contributed by atoms with Gasteiger partial charge in [0.2, 0.25) is 0 Å². The average Bonchev–Trinajstić information content (AvgIpc) is 2.18. The lowest BCUT2D eigenvalue weighted by atomic mass is 9.95. The number of halogens is 1. The van der Waals surface area contributed by atoms with E-state index in [4.69, 9.17) is 0 Å². The van der Waals surface area contributed by atoms with Gasteiger partial charge >= 0.3 is 5.97 Å². The third kappa shape index (κ3) is 4.29. The van der Waals surface area contributed by atoms with Crippen molar-refractivity contribution >= 4 is 18.4 Å². The normalized spacial score (nSPS) is 19.6. The van der Waals surface area contributed by atoms with E-state index in [1.165, 1.54) is 39.2 Å². The van der Waals surface area contributed by atoms with E-state index < -0.39 is 0 Å². The van der Waals surface area contributed by atoms with Crippen LogP contribution >= 0.6 is 12.4 Å². The molecule has 1 aliphatic carbocycles. The molecule has 14 heavy (non-hydrogen) atoms. The minimum Gasteiger partial charge on any atom is -0.468 e. The molecule has 0 heterocycles. The molecule has 0 aromatic carbocycles. The van der Waals surface area contributed by atoms with Crippen LogP contribution in [0.5, 0.6) is 0 Å². The van der Waals surface area contributed by atoms with Crippen LogP contribution in [0, 0.1) is 0 Å². The zero-order chi connectivity index (χ0) is 9.68. The van der Waals surface area contributed by atoms with Gasteiger partial charge in [-0.05, 0) is 19.8 Å². The fraction of sp³-hybridized carbons (Fsp3) is 0.900. The van der Waals surface area contributed by atoms with E-state index in [1.807, 2.05) is 6.92 Å². The molecule has 1 atom stereocenters. The van der Waals surface area contributed by atoms with Crippen molar-refractivity contribution in [1.29, 1.82) is 0 Å². The summed E-state index contributed by atoms with van der Waals surface area (Å²) in [5.74, 6) is -0.162. The van der Waals surface area contributed by atoms with E-state index >= 15 is 0 Å². The molecule has 0 amide bonds. The van der Waals surface area contributed by atoms with Crippen LogP contribution in [-0.2, 0) is 9.53 Å². The predicted molar refractivity (Wildman–Crippen MR) is 58.7 cm³/mol. The zero-order valence-corrected chi connectivity index (χ0v) is 9.73. The summed E-state index contributed by atoms with van der Waals surface area (Å²) in [5.41, 5.74) is 0. The first-order chi connectivity index (χ1) is 6.24. The second-order valence-electron chi connectivity index (χ2n) is 3.75. The average molecular weight is 222 g/mol. The molecule has 1 unspecified atom stereocenters. The second kappa shape index (κ2) is 7.07. The maximum absolute atomic E-state index is 11.1. The maximum atomic E-state index is 11.1. The first-order valence-electron chi connectivity index (χ1n) is 5.08. The van der Waals surface area contributed by atoms with Gasteiger partial charge in [0.15, 0.2) is 0 Å². The van der Waals surface area contributed by atoms with Crippen LogP contribution in [0.1, 0.15) is 39.0 Å². The van der Waals surface area contributed by atoms with Crippen molar-refractivity contribution in [2.45, 2.75) is 51.1 Å². The van der Waals surface area contributed by atoms with Crippen molar-refractivity contribution in [3.8, 4) is 0 Å². The van der Waals surface area contributed by atoms with E-state index in [0.717, 1.165) is 0 Å². The Balaban J connectivity index is 0.00000169. The Morgan fingerprint density at radius 2 is 1.93 bits per heavy atom. The molecular formula is C10H20ClNO2. The summed E-state index contributed by atoms with van der Waals surface area (Å²) in [6.45, 7) is 1.86. The van der Waals surface area contributed by atoms with Gasteiger partial charge in [0.05, 0.1) is 7.11 Å². The van der Waals surface area contributed by atoms with E-state index in [2.05, 4.69) is 10.1 Å². The Kier molecular flexibility index (Phi) is 6.93. The summed E-state index contributed by atoms with van der Waals surface area (Å²) in [6, 6.07) is 0.357. The van der Waals surface area contributed by atoms with Gasteiger partial charge in [0.1, 0.15) is 6.04 Å². The summed E-state index contributed by atoms with van der Waals surface area (Å²) < 4.78 is 4.65. The number of methoxy groups -OCH3 is 1. The van der Waals surface area contributed by atoms with Crippen molar-refractivity contribution < 1.29 is 9.53 Å². The lowest BCUT2D eigenvalue weighted by Crippen LogP contribution is -2.42.